The number of halogens is 1. The molecule has 6 heteroatoms. The molecule has 0 saturated carbocycles. The quantitative estimate of drug-likeness (QED) is 0.717. The molecule has 17 heavy (non-hydrogen) atoms. The molecule has 0 bridgehead atoms. The lowest BCUT2D eigenvalue weighted by Crippen LogP contribution is -2.34. The standard InChI is InChI=1S/C11H17BrN2O2S/c1-16-4-2-3-14-11(15)7-13-6-10-5-9(12)8-17-10/h5,8,13H,2-4,6-7H2,1H3,(H,14,15). The minimum atomic E-state index is 0.0247. The monoisotopic (exact) mass is 320 g/mol. The molecule has 0 radical (unpaired) electrons. The summed E-state index contributed by atoms with van der Waals surface area (Å²) in [6, 6.07) is 2.05. The van der Waals surface area contributed by atoms with Gasteiger partial charge in [-0.15, -0.1) is 11.3 Å². The molecule has 1 aromatic heterocycles. The molecule has 0 aliphatic heterocycles. The van der Waals surface area contributed by atoms with E-state index in [1.54, 1.807) is 18.4 Å². The third kappa shape index (κ3) is 6.78. The Bertz CT molecular complexity index is 344. The summed E-state index contributed by atoms with van der Waals surface area (Å²) in [6.45, 7) is 2.42. The van der Waals surface area contributed by atoms with Crippen molar-refractivity contribution in [3.8, 4) is 0 Å². The fraction of sp³-hybridized carbons (Fsp3) is 0.545. The van der Waals surface area contributed by atoms with E-state index >= 15 is 0 Å². The Morgan fingerprint density at radius 3 is 3.06 bits per heavy atom. The van der Waals surface area contributed by atoms with Gasteiger partial charge >= 0.3 is 0 Å². The molecule has 0 unspecified atom stereocenters. The van der Waals surface area contributed by atoms with Gasteiger partial charge in [0.1, 0.15) is 0 Å². The van der Waals surface area contributed by atoms with Crippen LogP contribution in [-0.2, 0) is 16.1 Å². The van der Waals surface area contributed by atoms with Gasteiger partial charge in [0.05, 0.1) is 6.54 Å². The largest absolute Gasteiger partial charge is 0.385 e. The zero-order valence-corrected chi connectivity index (χ0v) is 12.2. The molecule has 0 fully saturated rings. The van der Waals surface area contributed by atoms with Gasteiger partial charge in [-0.3, -0.25) is 4.79 Å². The first-order valence-corrected chi connectivity index (χ1v) is 7.09. The van der Waals surface area contributed by atoms with Gasteiger partial charge in [0.2, 0.25) is 5.91 Å². The van der Waals surface area contributed by atoms with E-state index in [-0.39, 0.29) is 5.91 Å². The zero-order valence-electron chi connectivity index (χ0n) is 9.79. The van der Waals surface area contributed by atoms with Gasteiger partial charge < -0.3 is 15.4 Å². The predicted molar refractivity (Wildman–Crippen MR) is 73.2 cm³/mol. The lowest BCUT2D eigenvalue weighted by Gasteiger charge is -2.05. The Labute approximate surface area is 114 Å². The first kappa shape index (κ1) is 14.6. The van der Waals surface area contributed by atoms with Crippen molar-refractivity contribution in [1.82, 2.24) is 10.6 Å². The van der Waals surface area contributed by atoms with Crippen molar-refractivity contribution in [3.05, 3.63) is 20.8 Å². The number of carbonyl (C=O) groups is 1. The van der Waals surface area contributed by atoms with Crippen LogP contribution in [0.15, 0.2) is 15.9 Å². The van der Waals surface area contributed by atoms with E-state index in [0.717, 1.165) is 17.4 Å². The summed E-state index contributed by atoms with van der Waals surface area (Å²) < 4.78 is 5.98. The summed E-state index contributed by atoms with van der Waals surface area (Å²) in [7, 11) is 1.66. The summed E-state index contributed by atoms with van der Waals surface area (Å²) in [4.78, 5) is 12.6. The van der Waals surface area contributed by atoms with Crippen molar-refractivity contribution in [2.75, 3.05) is 26.8 Å². The number of thiophene rings is 1. The van der Waals surface area contributed by atoms with Gasteiger partial charge in [0.15, 0.2) is 0 Å². The topological polar surface area (TPSA) is 50.4 Å². The molecule has 1 rings (SSSR count). The van der Waals surface area contributed by atoms with Gasteiger partial charge in [0, 0.05) is 41.5 Å². The second-order valence-electron chi connectivity index (χ2n) is 3.53. The van der Waals surface area contributed by atoms with Crippen molar-refractivity contribution < 1.29 is 9.53 Å². The van der Waals surface area contributed by atoms with Crippen LogP contribution in [0.5, 0.6) is 0 Å². The smallest absolute Gasteiger partial charge is 0.233 e. The van der Waals surface area contributed by atoms with Crippen LogP contribution in [0, 0.1) is 0 Å². The van der Waals surface area contributed by atoms with Crippen molar-refractivity contribution in [3.63, 3.8) is 0 Å². The van der Waals surface area contributed by atoms with Crippen LogP contribution in [0.4, 0.5) is 0 Å². The van der Waals surface area contributed by atoms with E-state index in [4.69, 9.17) is 4.74 Å². The summed E-state index contributed by atoms with van der Waals surface area (Å²) in [5.41, 5.74) is 0. The van der Waals surface area contributed by atoms with Crippen molar-refractivity contribution in [1.29, 1.82) is 0 Å². The second kappa shape index (κ2) is 8.63. The third-order valence-electron chi connectivity index (χ3n) is 2.05. The molecule has 2 N–H and O–H groups in total. The Morgan fingerprint density at radius 1 is 1.59 bits per heavy atom. The number of hydrogen-bond acceptors (Lipinski definition) is 4. The Morgan fingerprint density at radius 2 is 2.41 bits per heavy atom. The van der Waals surface area contributed by atoms with Crippen LogP contribution >= 0.6 is 27.3 Å². The van der Waals surface area contributed by atoms with Crippen LogP contribution in [-0.4, -0.2) is 32.7 Å². The number of nitrogens with one attached hydrogen (secondary N) is 2. The molecule has 96 valence electrons. The van der Waals surface area contributed by atoms with Gasteiger partial charge in [-0.1, -0.05) is 0 Å². The number of rotatable bonds is 8. The van der Waals surface area contributed by atoms with Crippen molar-refractivity contribution >= 4 is 33.2 Å². The van der Waals surface area contributed by atoms with Gasteiger partial charge in [-0.25, -0.2) is 0 Å². The first-order valence-electron chi connectivity index (χ1n) is 5.41. The number of carbonyl (C=O) groups excluding carboxylic acids is 1. The van der Waals surface area contributed by atoms with E-state index in [1.807, 2.05) is 11.4 Å². The third-order valence-corrected chi connectivity index (χ3v) is 3.75. The Hall–Kier alpha value is -0.430. The lowest BCUT2D eigenvalue weighted by atomic mass is 10.4. The molecule has 0 aromatic carbocycles. The van der Waals surface area contributed by atoms with E-state index in [1.165, 1.54) is 4.88 Å². The minimum Gasteiger partial charge on any atom is -0.385 e. The summed E-state index contributed by atoms with van der Waals surface area (Å²) in [5.74, 6) is 0.0247. The van der Waals surface area contributed by atoms with Crippen LogP contribution in [0.25, 0.3) is 0 Å². The molecule has 0 saturated heterocycles. The Kier molecular flexibility index (Phi) is 7.43. The van der Waals surface area contributed by atoms with Crippen LogP contribution in [0.3, 0.4) is 0 Å². The fourth-order valence-corrected chi connectivity index (χ4v) is 2.67. The number of amides is 1. The molecule has 1 heterocycles. The van der Waals surface area contributed by atoms with Gasteiger partial charge in [-0.05, 0) is 28.4 Å². The highest BCUT2D eigenvalue weighted by molar-refractivity contribution is 9.10. The number of hydrogen-bond donors (Lipinski definition) is 2. The normalized spacial score (nSPS) is 10.5. The summed E-state index contributed by atoms with van der Waals surface area (Å²) >= 11 is 5.06. The Balaban J connectivity index is 2.04. The highest BCUT2D eigenvalue weighted by Crippen LogP contribution is 2.19. The van der Waals surface area contributed by atoms with Crippen LogP contribution < -0.4 is 10.6 Å². The average Bonchev–Trinajstić information content (AvgIpc) is 2.71. The van der Waals surface area contributed by atoms with E-state index in [2.05, 4.69) is 26.6 Å². The predicted octanol–water partition coefficient (Wildman–Crippen LogP) is 1.75. The summed E-state index contributed by atoms with van der Waals surface area (Å²) in [6.07, 6.45) is 0.847. The molecule has 1 aromatic rings. The van der Waals surface area contributed by atoms with Crippen LogP contribution in [0.2, 0.25) is 0 Å². The fourth-order valence-electron chi connectivity index (χ4n) is 1.25. The van der Waals surface area contributed by atoms with Gasteiger partial charge in [0.25, 0.3) is 0 Å². The average molecular weight is 321 g/mol. The van der Waals surface area contributed by atoms with Crippen LogP contribution in [0.1, 0.15) is 11.3 Å². The highest BCUT2D eigenvalue weighted by Gasteiger charge is 2.01. The zero-order chi connectivity index (χ0) is 12.5. The molecular formula is C11H17BrN2O2S. The first-order chi connectivity index (χ1) is 8.22. The molecule has 0 aliphatic rings. The minimum absolute atomic E-state index is 0.0247. The number of ether oxygens (including phenoxy) is 1. The summed E-state index contributed by atoms with van der Waals surface area (Å²) in [5, 5.41) is 7.95. The molecule has 4 nitrogen and oxygen atoms in total. The number of methoxy groups -OCH3 is 1. The molecule has 1 amide bonds. The molecular weight excluding hydrogens is 304 g/mol. The maximum absolute atomic E-state index is 11.4. The molecule has 0 spiro atoms. The highest BCUT2D eigenvalue weighted by atomic mass is 79.9. The van der Waals surface area contributed by atoms with Gasteiger partial charge in [-0.2, -0.15) is 0 Å². The van der Waals surface area contributed by atoms with E-state index in [9.17, 15) is 4.79 Å². The lowest BCUT2D eigenvalue weighted by molar-refractivity contribution is -0.120. The molecule has 0 atom stereocenters. The second-order valence-corrected chi connectivity index (χ2v) is 5.44. The van der Waals surface area contributed by atoms with E-state index < -0.39 is 0 Å². The maximum atomic E-state index is 11.4. The maximum Gasteiger partial charge on any atom is 0.233 e. The van der Waals surface area contributed by atoms with Crippen molar-refractivity contribution in [2.45, 2.75) is 13.0 Å². The van der Waals surface area contributed by atoms with E-state index in [0.29, 0.717) is 19.7 Å². The molecule has 0 aliphatic carbocycles. The SMILES string of the molecule is COCCCNC(=O)CNCc1cc(Br)cs1. The van der Waals surface area contributed by atoms with Crippen molar-refractivity contribution in [2.24, 2.45) is 0 Å².